The van der Waals surface area contributed by atoms with E-state index < -0.39 is 29.7 Å². The van der Waals surface area contributed by atoms with Crippen molar-refractivity contribution in [1.29, 1.82) is 5.41 Å². The summed E-state index contributed by atoms with van der Waals surface area (Å²) >= 11 is 6.10. The maximum absolute atomic E-state index is 12.6. The molecule has 0 aliphatic carbocycles. The fraction of sp³-hybridized carbons (Fsp3) is 0.227. The van der Waals surface area contributed by atoms with E-state index in [0.29, 0.717) is 11.3 Å². The highest BCUT2D eigenvalue weighted by molar-refractivity contribution is 6.34. The van der Waals surface area contributed by atoms with Crippen molar-refractivity contribution in [3.8, 4) is 0 Å². The minimum absolute atomic E-state index is 0.207. The van der Waals surface area contributed by atoms with Crippen molar-refractivity contribution in [1.82, 2.24) is 16.0 Å². The first-order chi connectivity index (χ1) is 16.1. The molecule has 0 fully saturated rings. The number of esters is 1. The van der Waals surface area contributed by atoms with E-state index in [-0.39, 0.29) is 35.2 Å². The summed E-state index contributed by atoms with van der Waals surface area (Å²) in [5.41, 5.74) is 6.77. The monoisotopic (exact) mass is 488 g/mol. The third-order valence-corrected chi connectivity index (χ3v) is 4.87. The van der Waals surface area contributed by atoms with Crippen LogP contribution in [0.2, 0.25) is 5.02 Å². The number of rotatable bonds is 9. The van der Waals surface area contributed by atoms with Crippen LogP contribution in [0.15, 0.2) is 42.5 Å². The minimum Gasteiger partial charge on any atom is -0.467 e. The molecule has 12 heteroatoms. The number of carbonyl (C=O) groups is 4. The van der Waals surface area contributed by atoms with Gasteiger partial charge in [0.2, 0.25) is 5.91 Å². The summed E-state index contributed by atoms with van der Waals surface area (Å²) in [6.45, 7) is 1.05. The summed E-state index contributed by atoms with van der Waals surface area (Å²) in [5, 5.41) is 17.4. The summed E-state index contributed by atoms with van der Waals surface area (Å²) in [6, 6.07) is 9.96. The quantitative estimate of drug-likeness (QED) is 0.171. The van der Waals surface area contributed by atoms with Crippen molar-refractivity contribution in [2.24, 2.45) is 5.73 Å². The van der Waals surface area contributed by atoms with Crippen molar-refractivity contribution in [2.45, 2.75) is 13.0 Å². The SMILES string of the molecule is COC(=O)C(CNC(=O)CNC(=O)c1cccc(NC(=N)N)c1)NC(=O)c1c(C)cccc1Cl. The number of carbonyl (C=O) groups excluding carboxylic acids is 4. The van der Waals surface area contributed by atoms with Gasteiger partial charge in [0.1, 0.15) is 6.04 Å². The molecule has 0 radical (unpaired) electrons. The van der Waals surface area contributed by atoms with E-state index in [1.54, 1.807) is 37.3 Å². The number of halogens is 1. The lowest BCUT2D eigenvalue weighted by atomic mass is 10.1. The Bertz CT molecular complexity index is 1090. The van der Waals surface area contributed by atoms with Gasteiger partial charge in [0.15, 0.2) is 5.96 Å². The lowest BCUT2D eigenvalue weighted by Gasteiger charge is -2.18. The van der Waals surface area contributed by atoms with Gasteiger partial charge in [0.05, 0.1) is 24.2 Å². The van der Waals surface area contributed by atoms with Crippen LogP contribution in [0.1, 0.15) is 26.3 Å². The molecule has 3 amide bonds. The molecule has 0 bridgehead atoms. The van der Waals surface area contributed by atoms with Crippen LogP contribution in [0.25, 0.3) is 0 Å². The molecule has 2 aromatic rings. The van der Waals surface area contributed by atoms with Gasteiger partial charge in [-0.15, -0.1) is 0 Å². The Hall–Kier alpha value is -4.12. The average Bonchev–Trinajstić information content (AvgIpc) is 2.79. The third kappa shape index (κ3) is 7.48. The summed E-state index contributed by atoms with van der Waals surface area (Å²) in [6.07, 6.45) is 0. The van der Waals surface area contributed by atoms with Gasteiger partial charge in [-0.1, -0.05) is 29.8 Å². The Labute approximate surface area is 200 Å². The first kappa shape index (κ1) is 26.1. The highest BCUT2D eigenvalue weighted by atomic mass is 35.5. The van der Waals surface area contributed by atoms with Crippen LogP contribution in [0, 0.1) is 12.3 Å². The second-order valence-electron chi connectivity index (χ2n) is 7.09. The van der Waals surface area contributed by atoms with Gasteiger partial charge >= 0.3 is 5.97 Å². The van der Waals surface area contributed by atoms with Crippen LogP contribution in [0.4, 0.5) is 5.69 Å². The van der Waals surface area contributed by atoms with Gasteiger partial charge in [0.25, 0.3) is 11.8 Å². The van der Waals surface area contributed by atoms with Crippen LogP contribution < -0.4 is 27.0 Å². The van der Waals surface area contributed by atoms with Gasteiger partial charge in [-0.3, -0.25) is 19.8 Å². The fourth-order valence-corrected chi connectivity index (χ4v) is 3.23. The lowest BCUT2D eigenvalue weighted by Crippen LogP contribution is -2.50. The molecule has 180 valence electrons. The maximum atomic E-state index is 12.6. The molecule has 0 saturated carbocycles. The van der Waals surface area contributed by atoms with Crippen molar-refractivity contribution >= 4 is 46.9 Å². The zero-order valence-electron chi connectivity index (χ0n) is 18.5. The predicted octanol–water partition coefficient (Wildman–Crippen LogP) is 0.771. The van der Waals surface area contributed by atoms with Crippen LogP contribution in [0.5, 0.6) is 0 Å². The van der Waals surface area contributed by atoms with E-state index in [9.17, 15) is 19.2 Å². The maximum Gasteiger partial charge on any atom is 0.330 e. The highest BCUT2D eigenvalue weighted by Crippen LogP contribution is 2.19. The molecule has 0 aliphatic rings. The minimum atomic E-state index is -1.18. The molecule has 34 heavy (non-hydrogen) atoms. The average molecular weight is 489 g/mol. The Morgan fingerprint density at radius 2 is 1.79 bits per heavy atom. The number of benzene rings is 2. The second kappa shape index (κ2) is 12.2. The number of hydrogen-bond donors (Lipinski definition) is 6. The zero-order valence-corrected chi connectivity index (χ0v) is 19.3. The number of anilines is 1. The van der Waals surface area contributed by atoms with E-state index in [0.717, 1.165) is 7.11 Å². The smallest absolute Gasteiger partial charge is 0.330 e. The number of nitrogens with one attached hydrogen (secondary N) is 5. The van der Waals surface area contributed by atoms with Crippen molar-refractivity contribution in [3.05, 3.63) is 64.2 Å². The lowest BCUT2D eigenvalue weighted by molar-refractivity contribution is -0.142. The molecule has 11 nitrogen and oxygen atoms in total. The molecule has 2 rings (SSSR count). The summed E-state index contributed by atoms with van der Waals surface area (Å²) in [5.74, 6) is -2.77. The van der Waals surface area contributed by atoms with Crippen LogP contribution in [0.3, 0.4) is 0 Å². The Morgan fingerprint density at radius 1 is 1.09 bits per heavy atom. The van der Waals surface area contributed by atoms with Crippen molar-refractivity contribution < 1.29 is 23.9 Å². The molecule has 0 saturated heterocycles. The molecular weight excluding hydrogens is 464 g/mol. The number of amides is 3. The van der Waals surface area contributed by atoms with Crippen LogP contribution in [-0.2, 0) is 14.3 Å². The molecule has 0 spiro atoms. The second-order valence-corrected chi connectivity index (χ2v) is 7.49. The predicted molar refractivity (Wildman–Crippen MR) is 127 cm³/mol. The number of methoxy groups -OCH3 is 1. The number of aryl methyl sites for hydroxylation is 1. The third-order valence-electron chi connectivity index (χ3n) is 4.56. The molecule has 1 atom stereocenters. The molecule has 0 heterocycles. The molecular formula is C22H25ClN6O5. The van der Waals surface area contributed by atoms with Gasteiger partial charge in [-0.2, -0.15) is 0 Å². The number of guanidine groups is 1. The van der Waals surface area contributed by atoms with E-state index in [2.05, 4.69) is 21.3 Å². The van der Waals surface area contributed by atoms with E-state index in [1.807, 2.05) is 0 Å². The van der Waals surface area contributed by atoms with Gasteiger partial charge in [-0.05, 0) is 36.8 Å². The Balaban J connectivity index is 1.94. The zero-order chi connectivity index (χ0) is 25.3. The van der Waals surface area contributed by atoms with Crippen LogP contribution in [-0.4, -0.2) is 55.9 Å². The van der Waals surface area contributed by atoms with Crippen LogP contribution >= 0.6 is 11.6 Å². The van der Waals surface area contributed by atoms with E-state index in [4.69, 9.17) is 27.5 Å². The first-order valence-electron chi connectivity index (χ1n) is 10.0. The van der Waals surface area contributed by atoms with E-state index in [1.165, 1.54) is 12.1 Å². The molecule has 2 aromatic carbocycles. The topological polar surface area (TPSA) is 176 Å². The summed E-state index contributed by atoms with van der Waals surface area (Å²) in [4.78, 5) is 49.2. The number of nitrogens with two attached hydrogens (primary N) is 1. The van der Waals surface area contributed by atoms with Crippen molar-refractivity contribution in [3.63, 3.8) is 0 Å². The van der Waals surface area contributed by atoms with Gasteiger partial charge < -0.3 is 31.7 Å². The van der Waals surface area contributed by atoms with E-state index >= 15 is 0 Å². The first-order valence-corrected chi connectivity index (χ1v) is 10.4. The number of ether oxygens (including phenoxy) is 1. The number of hydrogen-bond acceptors (Lipinski definition) is 6. The fourth-order valence-electron chi connectivity index (χ4n) is 2.92. The van der Waals surface area contributed by atoms with Gasteiger partial charge in [0, 0.05) is 17.8 Å². The standard InChI is InChI=1S/C22H25ClN6O5/c1-12-5-3-8-15(23)18(12)20(32)29-16(21(33)34-2)10-26-17(30)11-27-19(31)13-6-4-7-14(9-13)28-22(24)25/h3-9,16H,10-11H2,1-2H3,(H,26,30)(H,27,31)(H,29,32)(H4,24,25,28). The molecule has 0 aliphatic heterocycles. The summed E-state index contributed by atoms with van der Waals surface area (Å²) < 4.78 is 4.70. The molecule has 1 unspecified atom stereocenters. The highest BCUT2D eigenvalue weighted by Gasteiger charge is 2.24. The van der Waals surface area contributed by atoms with Crippen molar-refractivity contribution in [2.75, 3.05) is 25.5 Å². The summed E-state index contributed by atoms with van der Waals surface area (Å²) in [7, 11) is 1.15. The molecule has 7 N–H and O–H groups in total. The Morgan fingerprint density at radius 3 is 2.44 bits per heavy atom. The Kier molecular flexibility index (Phi) is 9.38. The normalized spacial score (nSPS) is 11.0. The molecule has 0 aromatic heterocycles. The largest absolute Gasteiger partial charge is 0.467 e. The van der Waals surface area contributed by atoms with Gasteiger partial charge in [-0.25, -0.2) is 4.79 Å².